The Balaban J connectivity index is 1.43. The summed E-state index contributed by atoms with van der Waals surface area (Å²) < 4.78 is 0. The van der Waals surface area contributed by atoms with Crippen LogP contribution in [0.15, 0.2) is 72.8 Å². The monoisotopic (exact) mass is 438 g/mol. The minimum Gasteiger partial charge on any atom is -0.289 e. The van der Waals surface area contributed by atoms with Gasteiger partial charge in [0.1, 0.15) is 11.4 Å². The molecule has 6 nitrogen and oxygen atoms in total. The second kappa shape index (κ2) is 5.94. The first kappa shape index (κ1) is 17.7. The highest BCUT2D eigenvalue weighted by Crippen LogP contribution is 2.45. The van der Waals surface area contributed by atoms with Gasteiger partial charge in [-0.25, -0.2) is 0 Å². The minimum atomic E-state index is 0.00183. The van der Waals surface area contributed by atoms with Crippen LogP contribution >= 0.6 is 0 Å². The van der Waals surface area contributed by atoms with Gasteiger partial charge in [0.2, 0.25) is 0 Å². The standard InChI is InChI=1S/C28H14N4O2/c33-27-17-7-3-1-5-13(17)23-21-19(27)11-9-15(25(21)31-29-23)16-10-12-20-22-24(30-32-26(16)22)14-6-2-4-8-18(14)28(20)34/h1-12H,(H,29,31)(H,30,32). The Morgan fingerprint density at radius 2 is 0.824 bits per heavy atom. The predicted octanol–water partition coefficient (Wildman–Crippen LogP) is 5.53. The number of rotatable bonds is 1. The van der Waals surface area contributed by atoms with Gasteiger partial charge >= 0.3 is 0 Å². The van der Waals surface area contributed by atoms with Gasteiger partial charge in [0.25, 0.3) is 0 Å². The first-order chi connectivity index (χ1) is 16.7. The van der Waals surface area contributed by atoms with Crippen LogP contribution in [-0.4, -0.2) is 32.0 Å². The molecular weight excluding hydrogens is 424 g/mol. The highest BCUT2D eigenvalue weighted by molar-refractivity contribution is 6.28. The molecule has 0 unspecified atom stereocenters. The first-order valence-electron chi connectivity index (χ1n) is 11.0. The molecule has 2 heterocycles. The molecule has 4 aromatic carbocycles. The Hall–Kier alpha value is -4.84. The van der Waals surface area contributed by atoms with Crippen molar-refractivity contribution in [3.63, 3.8) is 0 Å². The number of benzene rings is 4. The lowest BCUT2D eigenvalue weighted by Gasteiger charge is -2.17. The van der Waals surface area contributed by atoms with Crippen molar-refractivity contribution < 1.29 is 9.59 Å². The third-order valence-corrected chi connectivity index (χ3v) is 7.08. The van der Waals surface area contributed by atoms with Crippen molar-refractivity contribution in [3.8, 4) is 33.6 Å². The van der Waals surface area contributed by atoms with Gasteiger partial charge in [0.05, 0.1) is 11.0 Å². The van der Waals surface area contributed by atoms with Crippen LogP contribution in [0.3, 0.4) is 0 Å². The van der Waals surface area contributed by atoms with Gasteiger partial charge in [-0.05, 0) is 12.1 Å². The van der Waals surface area contributed by atoms with Crippen molar-refractivity contribution in [2.45, 2.75) is 0 Å². The summed E-state index contributed by atoms with van der Waals surface area (Å²) in [6.45, 7) is 0. The molecule has 2 aliphatic rings. The zero-order valence-electron chi connectivity index (χ0n) is 17.6. The molecule has 2 N–H and O–H groups in total. The Morgan fingerprint density at radius 3 is 1.26 bits per heavy atom. The maximum absolute atomic E-state index is 13.2. The Labute approximate surface area is 192 Å². The molecule has 0 spiro atoms. The van der Waals surface area contributed by atoms with Crippen molar-refractivity contribution in [3.05, 3.63) is 95.1 Å². The van der Waals surface area contributed by atoms with Gasteiger partial charge in [-0.1, -0.05) is 60.7 Å². The molecule has 158 valence electrons. The lowest BCUT2D eigenvalue weighted by Crippen LogP contribution is -2.09. The van der Waals surface area contributed by atoms with Crippen LogP contribution in [0.4, 0.5) is 0 Å². The normalized spacial score (nSPS) is 13.4. The van der Waals surface area contributed by atoms with Crippen LogP contribution in [-0.2, 0) is 0 Å². The number of fused-ring (bicyclic) bond motifs is 4. The quantitative estimate of drug-likeness (QED) is 0.353. The average molecular weight is 438 g/mol. The number of ketones is 2. The summed E-state index contributed by atoms with van der Waals surface area (Å²) in [5.74, 6) is 0.00366. The molecule has 0 fully saturated rings. The fourth-order valence-corrected chi connectivity index (χ4v) is 5.55. The summed E-state index contributed by atoms with van der Waals surface area (Å²) in [5, 5.41) is 17.2. The van der Waals surface area contributed by atoms with E-state index in [1.54, 1.807) is 0 Å². The van der Waals surface area contributed by atoms with Gasteiger partial charge < -0.3 is 0 Å². The smallest absolute Gasteiger partial charge is 0.194 e. The van der Waals surface area contributed by atoms with E-state index >= 15 is 0 Å². The molecule has 8 rings (SSSR count). The highest BCUT2D eigenvalue weighted by atomic mass is 16.1. The summed E-state index contributed by atoms with van der Waals surface area (Å²) in [5.41, 5.74) is 9.25. The molecule has 0 bridgehead atoms. The summed E-state index contributed by atoms with van der Waals surface area (Å²) in [7, 11) is 0. The van der Waals surface area contributed by atoms with Crippen molar-refractivity contribution in [1.29, 1.82) is 0 Å². The molecule has 0 amide bonds. The van der Waals surface area contributed by atoms with Crippen molar-refractivity contribution in [2.24, 2.45) is 0 Å². The van der Waals surface area contributed by atoms with E-state index < -0.39 is 0 Å². The number of aromatic nitrogens is 4. The van der Waals surface area contributed by atoms with E-state index in [9.17, 15) is 9.59 Å². The lowest BCUT2D eigenvalue weighted by molar-refractivity contribution is 0.103. The summed E-state index contributed by atoms with van der Waals surface area (Å²) in [6, 6.07) is 22.8. The number of carbonyl (C=O) groups is 2. The molecule has 0 atom stereocenters. The predicted molar refractivity (Wildman–Crippen MR) is 129 cm³/mol. The molecule has 0 aliphatic heterocycles. The van der Waals surface area contributed by atoms with Gasteiger partial charge in [-0.3, -0.25) is 19.8 Å². The van der Waals surface area contributed by atoms with E-state index in [4.69, 9.17) is 0 Å². The van der Waals surface area contributed by atoms with Crippen molar-refractivity contribution >= 4 is 33.4 Å². The van der Waals surface area contributed by atoms with E-state index in [0.29, 0.717) is 22.3 Å². The Kier molecular flexibility index (Phi) is 3.09. The van der Waals surface area contributed by atoms with E-state index in [-0.39, 0.29) is 11.6 Å². The van der Waals surface area contributed by atoms with E-state index in [0.717, 1.165) is 55.4 Å². The topological polar surface area (TPSA) is 91.5 Å². The largest absolute Gasteiger partial charge is 0.289 e. The van der Waals surface area contributed by atoms with Crippen LogP contribution in [0.5, 0.6) is 0 Å². The average Bonchev–Trinajstić information content (AvgIpc) is 3.52. The number of hydrogen-bond donors (Lipinski definition) is 2. The first-order valence-corrected chi connectivity index (χ1v) is 11.0. The van der Waals surface area contributed by atoms with Gasteiger partial charge in [-0.2, -0.15) is 10.2 Å². The number of hydrogen-bond acceptors (Lipinski definition) is 4. The number of H-pyrrole nitrogens is 2. The number of carbonyl (C=O) groups excluding carboxylic acids is 2. The second-order valence-corrected chi connectivity index (χ2v) is 8.72. The minimum absolute atomic E-state index is 0.00183. The molecule has 6 aromatic rings. The van der Waals surface area contributed by atoms with Crippen molar-refractivity contribution in [1.82, 2.24) is 20.4 Å². The summed E-state index contributed by atoms with van der Waals surface area (Å²) >= 11 is 0. The number of aromatic amines is 2. The molecule has 2 aliphatic carbocycles. The SMILES string of the molecule is O=C1c2ccccc2-c2n[nH]c3c(-c4ccc5c6c(n[nH]c46)-c4ccccc4C5=O)ccc1c23. The van der Waals surface area contributed by atoms with Crippen LogP contribution in [0.25, 0.3) is 55.4 Å². The van der Waals surface area contributed by atoms with Gasteiger partial charge in [-0.15, -0.1) is 0 Å². The van der Waals surface area contributed by atoms with Gasteiger partial charge in [0.15, 0.2) is 11.6 Å². The lowest BCUT2D eigenvalue weighted by atomic mass is 9.84. The highest BCUT2D eigenvalue weighted by Gasteiger charge is 2.31. The molecule has 34 heavy (non-hydrogen) atoms. The van der Waals surface area contributed by atoms with Crippen LogP contribution in [0, 0.1) is 0 Å². The Morgan fingerprint density at radius 1 is 0.441 bits per heavy atom. The zero-order chi connectivity index (χ0) is 22.6. The number of nitrogens with one attached hydrogen (secondary N) is 2. The second-order valence-electron chi connectivity index (χ2n) is 8.72. The van der Waals surface area contributed by atoms with E-state index in [1.807, 2.05) is 72.8 Å². The maximum Gasteiger partial charge on any atom is 0.194 e. The zero-order valence-corrected chi connectivity index (χ0v) is 17.6. The van der Waals surface area contributed by atoms with Crippen molar-refractivity contribution in [2.75, 3.05) is 0 Å². The van der Waals surface area contributed by atoms with E-state index in [1.165, 1.54) is 0 Å². The molecular formula is C28H14N4O2. The molecule has 2 aromatic heterocycles. The fourth-order valence-electron chi connectivity index (χ4n) is 5.55. The maximum atomic E-state index is 13.2. The fraction of sp³-hybridized carbons (Fsp3) is 0. The van der Waals surface area contributed by atoms with E-state index in [2.05, 4.69) is 20.4 Å². The van der Waals surface area contributed by atoms with Crippen LogP contribution < -0.4 is 0 Å². The summed E-state index contributed by atoms with van der Waals surface area (Å²) in [4.78, 5) is 26.4. The molecule has 0 saturated carbocycles. The number of nitrogens with zero attached hydrogens (tertiary/aromatic N) is 2. The van der Waals surface area contributed by atoms with Crippen LogP contribution in [0.2, 0.25) is 0 Å². The third kappa shape index (κ3) is 1.97. The molecule has 6 heteroatoms. The van der Waals surface area contributed by atoms with Gasteiger partial charge in [0, 0.05) is 55.3 Å². The summed E-state index contributed by atoms with van der Waals surface area (Å²) in [6.07, 6.45) is 0. The Bertz CT molecular complexity index is 1770. The third-order valence-electron chi connectivity index (χ3n) is 7.08. The molecule has 0 saturated heterocycles. The van der Waals surface area contributed by atoms with Crippen LogP contribution in [0.1, 0.15) is 31.8 Å². The molecule has 0 radical (unpaired) electrons.